The zero-order chi connectivity index (χ0) is 11.9. The largest absolute Gasteiger partial charge is 0.395 e. The summed E-state index contributed by atoms with van der Waals surface area (Å²) in [5, 5.41) is 12.4. The summed E-state index contributed by atoms with van der Waals surface area (Å²) in [6, 6.07) is 0. The molecule has 0 bridgehead atoms. The first-order valence-electron chi connectivity index (χ1n) is 7.15. The third kappa shape index (κ3) is 4.54. The average molecular weight is 241 g/mol. The van der Waals surface area contributed by atoms with Gasteiger partial charge in [-0.05, 0) is 51.4 Å². The summed E-state index contributed by atoms with van der Waals surface area (Å²) in [5.41, 5.74) is 0. The van der Waals surface area contributed by atoms with E-state index in [0.717, 1.165) is 25.6 Å². The highest BCUT2D eigenvalue weighted by molar-refractivity contribution is 4.75. The predicted octanol–water partition coefficient (Wildman–Crippen LogP) is -0.0140. The monoisotopic (exact) mass is 241 g/mol. The molecule has 0 aromatic rings. The first-order chi connectivity index (χ1) is 8.38. The lowest BCUT2D eigenvalue weighted by Gasteiger charge is -2.29. The SMILES string of the molecule is OCCN1CCCN(CC2CCNCC2)CC1. The van der Waals surface area contributed by atoms with Crippen LogP contribution in [0.4, 0.5) is 0 Å². The van der Waals surface area contributed by atoms with Crippen molar-refractivity contribution in [2.24, 2.45) is 5.92 Å². The molecule has 0 amide bonds. The van der Waals surface area contributed by atoms with Crippen molar-refractivity contribution in [2.45, 2.75) is 19.3 Å². The molecular weight excluding hydrogens is 214 g/mol. The molecule has 0 aliphatic carbocycles. The Labute approximate surface area is 105 Å². The molecule has 4 nitrogen and oxygen atoms in total. The maximum atomic E-state index is 8.98. The van der Waals surface area contributed by atoms with Gasteiger partial charge in [-0.1, -0.05) is 0 Å². The Kier molecular flexibility index (Phi) is 5.71. The number of rotatable bonds is 4. The second-order valence-corrected chi connectivity index (χ2v) is 5.41. The maximum Gasteiger partial charge on any atom is 0.0558 e. The Hall–Kier alpha value is -0.160. The van der Waals surface area contributed by atoms with Crippen LogP contribution in [-0.2, 0) is 0 Å². The van der Waals surface area contributed by atoms with Gasteiger partial charge in [0.2, 0.25) is 0 Å². The Morgan fingerprint density at radius 3 is 2.47 bits per heavy atom. The lowest BCUT2D eigenvalue weighted by molar-refractivity contribution is 0.186. The van der Waals surface area contributed by atoms with Gasteiger partial charge in [0.25, 0.3) is 0 Å². The summed E-state index contributed by atoms with van der Waals surface area (Å²) in [7, 11) is 0. The zero-order valence-electron chi connectivity index (χ0n) is 10.9. The van der Waals surface area contributed by atoms with Crippen LogP contribution in [0, 0.1) is 5.92 Å². The lowest BCUT2D eigenvalue weighted by atomic mass is 9.97. The number of hydrogen-bond acceptors (Lipinski definition) is 4. The van der Waals surface area contributed by atoms with Gasteiger partial charge in [0.1, 0.15) is 0 Å². The molecule has 0 atom stereocenters. The van der Waals surface area contributed by atoms with Crippen molar-refractivity contribution in [3.8, 4) is 0 Å². The Morgan fingerprint density at radius 1 is 1.00 bits per heavy atom. The molecule has 2 aliphatic heterocycles. The molecule has 2 saturated heterocycles. The molecule has 17 heavy (non-hydrogen) atoms. The minimum Gasteiger partial charge on any atom is -0.395 e. The summed E-state index contributed by atoms with van der Waals surface area (Å²) in [6.45, 7) is 9.55. The second kappa shape index (κ2) is 7.31. The van der Waals surface area contributed by atoms with Gasteiger partial charge in [-0.15, -0.1) is 0 Å². The molecule has 0 unspecified atom stereocenters. The number of piperidine rings is 1. The van der Waals surface area contributed by atoms with E-state index in [9.17, 15) is 0 Å². The van der Waals surface area contributed by atoms with Gasteiger partial charge in [-0.3, -0.25) is 4.90 Å². The van der Waals surface area contributed by atoms with Crippen LogP contribution >= 0.6 is 0 Å². The van der Waals surface area contributed by atoms with Crippen LogP contribution in [0.1, 0.15) is 19.3 Å². The third-order valence-corrected chi connectivity index (χ3v) is 4.07. The van der Waals surface area contributed by atoms with Crippen molar-refractivity contribution in [3.05, 3.63) is 0 Å². The van der Waals surface area contributed by atoms with E-state index in [1.54, 1.807) is 0 Å². The van der Waals surface area contributed by atoms with Crippen LogP contribution in [0.5, 0.6) is 0 Å². The molecule has 0 aromatic heterocycles. The summed E-state index contributed by atoms with van der Waals surface area (Å²) >= 11 is 0. The fraction of sp³-hybridized carbons (Fsp3) is 1.00. The minimum absolute atomic E-state index is 0.300. The normalized spacial score (nSPS) is 25.9. The van der Waals surface area contributed by atoms with Crippen LogP contribution < -0.4 is 5.32 Å². The fourth-order valence-electron chi connectivity index (χ4n) is 3.00. The lowest BCUT2D eigenvalue weighted by Crippen LogP contribution is -2.38. The number of nitrogens with zero attached hydrogens (tertiary/aromatic N) is 2. The van der Waals surface area contributed by atoms with Crippen LogP contribution in [-0.4, -0.2) is 73.9 Å². The third-order valence-electron chi connectivity index (χ3n) is 4.07. The van der Waals surface area contributed by atoms with Crippen molar-refractivity contribution in [1.82, 2.24) is 15.1 Å². The molecule has 0 aromatic carbocycles. The molecule has 2 heterocycles. The van der Waals surface area contributed by atoms with Gasteiger partial charge in [0.15, 0.2) is 0 Å². The smallest absolute Gasteiger partial charge is 0.0558 e. The van der Waals surface area contributed by atoms with Gasteiger partial charge in [-0.25, -0.2) is 0 Å². The number of β-amino-alcohol motifs (C(OH)–C–C–N with tert-alkyl or cyclic N) is 1. The molecule has 0 radical (unpaired) electrons. The number of hydrogen-bond donors (Lipinski definition) is 2. The Bertz CT molecular complexity index is 207. The van der Waals surface area contributed by atoms with Gasteiger partial charge >= 0.3 is 0 Å². The molecule has 100 valence electrons. The number of nitrogens with one attached hydrogen (secondary N) is 1. The van der Waals surface area contributed by atoms with E-state index in [-0.39, 0.29) is 0 Å². The Balaban J connectivity index is 1.70. The van der Waals surface area contributed by atoms with Crippen molar-refractivity contribution in [2.75, 3.05) is 59.0 Å². The van der Waals surface area contributed by atoms with Crippen molar-refractivity contribution in [3.63, 3.8) is 0 Å². The maximum absolute atomic E-state index is 8.98. The summed E-state index contributed by atoms with van der Waals surface area (Å²) in [5.74, 6) is 0.903. The van der Waals surface area contributed by atoms with Gasteiger partial charge < -0.3 is 15.3 Å². The molecule has 0 spiro atoms. The standard InChI is InChI=1S/C13H27N3O/c17-11-10-15-6-1-7-16(9-8-15)12-13-2-4-14-5-3-13/h13-14,17H,1-12H2. The van der Waals surface area contributed by atoms with Crippen molar-refractivity contribution in [1.29, 1.82) is 0 Å². The summed E-state index contributed by atoms with van der Waals surface area (Å²) < 4.78 is 0. The van der Waals surface area contributed by atoms with E-state index < -0.39 is 0 Å². The van der Waals surface area contributed by atoms with E-state index >= 15 is 0 Å². The first kappa shape index (κ1) is 13.3. The average Bonchev–Trinajstić information content (AvgIpc) is 2.57. The van der Waals surface area contributed by atoms with E-state index in [2.05, 4.69) is 15.1 Å². The predicted molar refractivity (Wildman–Crippen MR) is 70.2 cm³/mol. The van der Waals surface area contributed by atoms with E-state index in [4.69, 9.17) is 5.11 Å². The summed E-state index contributed by atoms with van der Waals surface area (Å²) in [4.78, 5) is 5.02. The second-order valence-electron chi connectivity index (χ2n) is 5.41. The molecule has 2 rings (SSSR count). The topological polar surface area (TPSA) is 38.7 Å². The number of aliphatic hydroxyl groups is 1. The van der Waals surface area contributed by atoms with Crippen molar-refractivity contribution >= 4 is 0 Å². The van der Waals surface area contributed by atoms with Crippen molar-refractivity contribution < 1.29 is 5.11 Å². The first-order valence-corrected chi connectivity index (χ1v) is 7.15. The Morgan fingerprint density at radius 2 is 1.71 bits per heavy atom. The minimum atomic E-state index is 0.300. The molecule has 2 fully saturated rings. The van der Waals surface area contributed by atoms with E-state index in [1.165, 1.54) is 52.0 Å². The highest BCUT2D eigenvalue weighted by Crippen LogP contribution is 2.14. The van der Waals surface area contributed by atoms with Crippen LogP contribution in [0.2, 0.25) is 0 Å². The molecule has 2 aliphatic rings. The quantitative estimate of drug-likeness (QED) is 0.726. The number of aliphatic hydroxyl groups excluding tert-OH is 1. The highest BCUT2D eigenvalue weighted by atomic mass is 16.3. The van der Waals surface area contributed by atoms with Gasteiger partial charge in [0.05, 0.1) is 6.61 Å². The van der Waals surface area contributed by atoms with Gasteiger partial charge in [0, 0.05) is 26.2 Å². The zero-order valence-corrected chi connectivity index (χ0v) is 10.9. The summed E-state index contributed by atoms with van der Waals surface area (Å²) in [6.07, 6.45) is 3.94. The molecule has 4 heteroatoms. The van der Waals surface area contributed by atoms with Crippen LogP contribution in [0.3, 0.4) is 0 Å². The van der Waals surface area contributed by atoms with E-state index in [0.29, 0.717) is 6.61 Å². The molecular formula is C13H27N3O. The molecule has 2 N–H and O–H groups in total. The molecule has 0 saturated carbocycles. The van der Waals surface area contributed by atoms with Crippen LogP contribution in [0.25, 0.3) is 0 Å². The van der Waals surface area contributed by atoms with Crippen LogP contribution in [0.15, 0.2) is 0 Å². The highest BCUT2D eigenvalue weighted by Gasteiger charge is 2.19. The van der Waals surface area contributed by atoms with Gasteiger partial charge in [-0.2, -0.15) is 0 Å². The van der Waals surface area contributed by atoms with E-state index in [1.807, 2.05) is 0 Å². The fourth-order valence-corrected chi connectivity index (χ4v) is 3.00.